The van der Waals surface area contributed by atoms with Crippen LogP contribution in [0.2, 0.25) is 0 Å². The molecule has 0 unspecified atom stereocenters. The Balaban J connectivity index is 1.60. The number of pyridine rings is 1. The second-order valence-electron chi connectivity index (χ2n) is 6.80. The van der Waals surface area contributed by atoms with Gasteiger partial charge in [0.1, 0.15) is 5.75 Å². The van der Waals surface area contributed by atoms with Crippen molar-refractivity contribution in [2.45, 2.75) is 13.8 Å². The minimum atomic E-state index is 0.153. The van der Waals surface area contributed by atoms with Crippen molar-refractivity contribution in [2.24, 2.45) is 0 Å². The van der Waals surface area contributed by atoms with E-state index in [1.54, 1.807) is 56.6 Å². The molecule has 0 spiro atoms. The Hall–Kier alpha value is -4.67. The van der Waals surface area contributed by atoms with Crippen molar-refractivity contribution in [1.82, 2.24) is 35.2 Å². The first kappa shape index (κ1) is 19.3. The van der Waals surface area contributed by atoms with Crippen molar-refractivity contribution in [3.05, 3.63) is 60.4 Å². The Morgan fingerprint density at radius 1 is 0.812 bits per heavy atom. The van der Waals surface area contributed by atoms with E-state index in [1.807, 2.05) is 6.07 Å². The van der Waals surface area contributed by atoms with E-state index in [4.69, 9.17) is 19.5 Å². The number of benzene rings is 1. The predicted octanol–water partition coefficient (Wildman–Crippen LogP) is 3.63. The summed E-state index contributed by atoms with van der Waals surface area (Å²) in [7, 11) is 0. The number of aryl methyl sites for hydroxylation is 2. The predicted molar refractivity (Wildman–Crippen MR) is 112 cm³/mol. The van der Waals surface area contributed by atoms with Crippen molar-refractivity contribution in [2.75, 3.05) is 5.73 Å². The van der Waals surface area contributed by atoms with Crippen LogP contribution >= 0.6 is 0 Å². The third kappa shape index (κ3) is 3.86. The molecule has 11 heteroatoms. The summed E-state index contributed by atoms with van der Waals surface area (Å²) >= 11 is 0. The van der Waals surface area contributed by atoms with Gasteiger partial charge in [-0.25, -0.2) is 15.0 Å². The molecule has 0 aliphatic carbocycles. The molecule has 0 aliphatic rings. The summed E-state index contributed by atoms with van der Waals surface area (Å²) < 4.78 is 16.8. The van der Waals surface area contributed by atoms with E-state index in [0.717, 1.165) is 0 Å². The molecule has 4 aromatic heterocycles. The van der Waals surface area contributed by atoms with Crippen molar-refractivity contribution < 1.29 is 13.8 Å². The lowest BCUT2D eigenvalue weighted by molar-refractivity contribution is 0.422. The number of hydrogen-bond acceptors (Lipinski definition) is 11. The smallest absolute Gasteiger partial charge is 0.258 e. The summed E-state index contributed by atoms with van der Waals surface area (Å²) in [5, 5.41) is 7.72. The van der Waals surface area contributed by atoms with Gasteiger partial charge in [-0.15, -0.1) is 0 Å². The fraction of sp³-hybridized carbons (Fsp3) is 0.0952. The zero-order valence-electron chi connectivity index (χ0n) is 17.1. The average molecular weight is 428 g/mol. The highest BCUT2D eigenvalue weighted by molar-refractivity contribution is 5.69. The maximum Gasteiger partial charge on any atom is 0.258 e. The van der Waals surface area contributed by atoms with Crippen LogP contribution in [0.5, 0.6) is 11.6 Å². The largest absolute Gasteiger partial charge is 0.438 e. The zero-order chi connectivity index (χ0) is 22.1. The molecule has 1 aromatic carbocycles. The molecule has 5 aromatic rings. The van der Waals surface area contributed by atoms with Gasteiger partial charge in [-0.2, -0.15) is 9.97 Å². The maximum absolute atomic E-state index is 6.15. The van der Waals surface area contributed by atoms with Gasteiger partial charge in [0.25, 0.3) is 11.8 Å². The van der Waals surface area contributed by atoms with Gasteiger partial charge in [-0.05, 0) is 50.2 Å². The first-order valence-electron chi connectivity index (χ1n) is 9.53. The summed E-state index contributed by atoms with van der Waals surface area (Å²) in [6, 6.07) is 10.7. The van der Waals surface area contributed by atoms with Crippen LogP contribution in [-0.2, 0) is 0 Å². The number of ether oxygens (including phenoxy) is 1. The number of rotatable bonds is 5. The van der Waals surface area contributed by atoms with Crippen LogP contribution in [0.3, 0.4) is 0 Å². The van der Waals surface area contributed by atoms with Crippen LogP contribution < -0.4 is 10.5 Å². The van der Waals surface area contributed by atoms with Crippen LogP contribution in [0, 0.1) is 13.8 Å². The molecule has 0 saturated carbocycles. The minimum Gasteiger partial charge on any atom is -0.438 e. The second-order valence-corrected chi connectivity index (χ2v) is 6.80. The molecule has 0 saturated heterocycles. The molecular formula is C21H16N8O3. The number of anilines is 1. The number of nitrogens with two attached hydrogens (primary N) is 1. The normalized spacial score (nSPS) is 10.9. The molecule has 0 fully saturated rings. The minimum absolute atomic E-state index is 0.153. The van der Waals surface area contributed by atoms with Crippen molar-refractivity contribution >= 4 is 5.95 Å². The first-order chi connectivity index (χ1) is 15.5. The van der Waals surface area contributed by atoms with Crippen LogP contribution in [0.25, 0.3) is 34.2 Å². The van der Waals surface area contributed by atoms with E-state index in [-0.39, 0.29) is 5.95 Å². The van der Waals surface area contributed by atoms with E-state index >= 15 is 0 Å². The second kappa shape index (κ2) is 7.87. The molecular weight excluding hydrogens is 412 g/mol. The van der Waals surface area contributed by atoms with Gasteiger partial charge >= 0.3 is 0 Å². The average Bonchev–Trinajstić information content (AvgIpc) is 3.42. The Bertz CT molecular complexity index is 1350. The molecule has 0 aliphatic heterocycles. The van der Waals surface area contributed by atoms with Gasteiger partial charge in [-0.3, -0.25) is 0 Å². The molecule has 158 valence electrons. The van der Waals surface area contributed by atoms with Crippen LogP contribution in [0.1, 0.15) is 11.6 Å². The van der Waals surface area contributed by atoms with Gasteiger partial charge in [0.15, 0.2) is 11.6 Å². The van der Waals surface area contributed by atoms with Gasteiger partial charge in [-0.1, -0.05) is 10.3 Å². The third-order valence-corrected chi connectivity index (χ3v) is 4.39. The monoisotopic (exact) mass is 428 g/mol. The molecule has 4 heterocycles. The molecule has 0 atom stereocenters. The lowest BCUT2D eigenvalue weighted by Crippen LogP contribution is -1.98. The van der Waals surface area contributed by atoms with Crippen LogP contribution in [0.15, 0.2) is 57.8 Å². The summed E-state index contributed by atoms with van der Waals surface area (Å²) in [5.41, 5.74) is 8.22. The number of aromatic nitrogens is 7. The summed E-state index contributed by atoms with van der Waals surface area (Å²) in [6.07, 6.45) is 3.19. The highest BCUT2D eigenvalue weighted by atomic mass is 16.5. The number of nitrogen functional groups attached to an aromatic ring is 1. The Morgan fingerprint density at radius 3 is 2.09 bits per heavy atom. The van der Waals surface area contributed by atoms with Gasteiger partial charge in [0.05, 0.1) is 11.3 Å². The lowest BCUT2D eigenvalue weighted by atomic mass is 10.1. The fourth-order valence-electron chi connectivity index (χ4n) is 3.04. The molecule has 0 amide bonds. The van der Waals surface area contributed by atoms with Crippen molar-refractivity contribution in [3.63, 3.8) is 0 Å². The molecule has 2 N–H and O–H groups in total. The molecule has 5 rings (SSSR count). The van der Waals surface area contributed by atoms with E-state index < -0.39 is 0 Å². The summed E-state index contributed by atoms with van der Waals surface area (Å²) in [6.45, 7) is 3.48. The topological polar surface area (TPSA) is 152 Å². The Labute approximate surface area is 181 Å². The Morgan fingerprint density at radius 2 is 1.50 bits per heavy atom. The number of nitrogens with zero attached hydrogens (tertiary/aromatic N) is 7. The molecule has 11 nitrogen and oxygen atoms in total. The molecule has 0 bridgehead atoms. The lowest BCUT2D eigenvalue weighted by Gasteiger charge is -2.11. The number of hydrogen-bond donors (Lipinski definition) is 1. The van der Waals surface area contributed by atoms with Gasteiger partial charge in [0, 0.05) is 23.5 Å². The third-order valence-electron chi connectivity index (χ3n) is 4.39. The molecule has 0 radical (unpaired) electrons. The van der Waals surface area contributed by atoms with Gasteiger partial charge < -0.3 is 19.5 Å². The van der Waals surface area contributed by atoms with E-state index in [9.17, 15) is 0 Å². The van der Waals surface area contributed by atoms with E-state index in [1.165, 1.54) is 0 Å². The summed E-state index contributed by atoms with van der Waals surface area (Å²) in [5.74, 6) is 2.61. The van der Waals surface area contributed by atoms with E-state index in [2.05, 4.69) is 35.2 Å². The quantitative estimate of drug-likeness (QED) is 0.436. The van der Waals surface area contributed by atoms with Crippen LogP contribution in [0.4, 0.5) is 5.95 Å². The van der Waals surface area contributed by atoms with Crippen LogP contribution in [-0.4, -0.2) is 35.2 Å². The zero-order valence-corrected chi connectivity index (χ0v) is 17.1. The maximum atomic E-state index is 6.15. The van der Waals surface area contributed by atoms with Crippen molar-refractivity contribution in [3.8, 4) is 45.8 Å². The highest BCUT2D eigenvalue weighted by Crippen LogP contribution is 2.35. The Kier molecular flexibility index (Phi) is 4.75. The highest BCUT2D eigenvalue weighted by Gasteiger charge is 2.17. The SMILES string of the molecule is Cc1noc(-c2cc(Oc3ncccc3-c3ccnc(N)n3)cc(-c3nc(C)no3)c2)n1. The van der Waals surface area contributed by atoms with Crippen molar-refractivity contribution in [1.29, 1.82) is 0 Å². The standard InChI is InChI=1S/C21H16N8O3/c1-11-25-18(31-28-11)13-8-14(19-26-12(2)29-32-19)10-15(9-13)30-20-16(4-3-6-23-20)17-5-7-24-21(22)27-17/h3-10H,1-2H3,(H2,22,24,27). The van der Waals surface area contributed by atoms with Gasteiger partial charge in [0.2, 0.25) is 11.8 Å². The first-order valence-corrected chi connectivity index (χ1v) is 9.53. The van der Waals surface area contributed by atoms with E-state index in [0.29, 0.717) is 57.4 Å². The summed E-state index contributed by atoms with van der Waals surface area (Å²) in [4.78, 5) is 21.2. The molecule has 32 heavy (non-hydrogen) atoms. The fourth-order valence-corrected chi connectivity index (χ4v) is 3.04.